The van der Waals surface area contributed by atoms with E-state index in [1.807, 2.05) is 30.3 Å². The molecule has 0 saturated carbocycles. The van der Waals surface area contributed by atoms with Gasteiger partial charge in [-0.05, 0) is 59.7 Å². The van der Waals surface area contributed by atoms with E-state index in [0.29, 0.717) is 6.61 Å². The minimum atomic E-state index is -0.755. The molecular formula is C27H30O5. The van der Waals surface area contributed by atoms with Crippen molar-refractivity contribution < 1.29 is 24.1 Å². The molecule has 2 aromatic carbocycles. The molecule has 3 rings (SSSR count). The van der Waals surface area contributed by atoms with Crippen LogP contribution in [-0.2, 0) is 38.8 Å². The molecule has 0 fully saturated rings. The number of fused-ring (bicyclic) bond motifs is 1. The summed E-state index contributed by atoms with van der Waals surface area (Å²) in [5, 5.41) is 0. The van der Waals surface area contributed by atoms with Crippen LogP contribution in [0.1, 0.15) is 67.3 Å². The van der Waals surface area contributed by atoms with E-state index >= 15 is 0 Å². The largest absolute Gasteiger partial charge is 0.488 e. The Labute approximate surface area is 189 Å². The molecule has 168 valence electrons. The van der Waals surface area contributed by atoms with E-state index in [4.69, 9.17) is 4.74 Å². The fourth-order valence-electron chi connectivity index (χ4n) is 3.73. The highest BCUT2D eigenvalue weighted by atomic mass is 17.2. The minimum Gasteiger partial charge on any atom is -0.488 e. The SMILES string of the molecule is CCCCCCc1c(/C=C/C(=O)OOC(=O)/C=C/c2cccc3c2CO3)cccc1CC. The summed E-state index contributed by atoms with van der Waals surface area (Å²) >= 11 is 0. The van der Waals surface area contributed by atoms with Gasteiger partial charge in [-0.1, -0.05) is 63.4 Å². The van der Waals surface area contributed by atoms with Crippen molar-refractivity contribution in [3.63, 3.8) is 0 Å². The number of carbonyl (C=O) groups is 2. The zero-order valence-electron chi connectivity index (χ0n) is 18.8. The molecule has 0 unspecified atom stereocenters. The highest BCUT2D eigenvalue weighted by molar-refractivity contribution is 5.90. The van der Waals surface area contributed by atoms with Gasteiger partial charge < -0.3 is 4.74 Å². The zero-order chi connectivity index (χ0) is 22.8. The van der Waals surface area contributed by atoms with Crippen LogP contribution in [0.25, 0.3) is 12.2 Å². The van der Waals surface area contributed by atoms with E-state index in [1.165, 1.54) is 42.5 Å². The molecule has 2 aromatic rings. The molecule has 1 heterocycles. The Morgan fingerprint density at radius 3 is 2.25 bits per heavy atom. The average Bonchev–Trinajstić information content (AvgIpc) is 2.78. The lowest BCUT2D eigenvalue weighted by atomic mass is 9.94. The summed E-state index contributed by atoms with van der Waals surface area (Å²) in [6, 6.07) is 11.7. The van der Waals surface area contributed by atoms with Crippen LogP contribution < -0.4 is 4.74 Å². The molecule has 5 heteroatoms. The maximum Gasteiger partial charge on any atom is 0.379 e. The average molecular weight is 435 g/mol. The van der Waals surface area contributed by atoms with Crippen molar-refractivity contribution in [2.75, 3.05) is 0 Å². The van der Waals surface area contributed by atoms with Crippen LogP contribution in [-0.4, -0.2) is 11.9 Å². The van der Waals surface area contributed by atoms with Gasteiger partial charge in [-0.25, -0.2) is 19.4 Å². The van der Waals surface area contributed by atoms with Crippen LogP contribution in [0, 0.1) is 0 Å². The topological polar surface area (TPSA) is 61.8 Å². The van der Waals surface area contributed by atoms with Crippen molar-refractivity contribution in [3.05, 3.63) is 76.4 Å². The monoisotopic (exact) mass is 434 g/mol. The summed E-state index contributed by atoms with van der Waals surface area (Å²) < 4.78 is 5.29. The second-order valence-corrected chi connectivity index (χ2v) is 7.73. The Hall–Kier alpha value is -3.34. The molecule has 0 aromatic heterocycles. The van der Waals surface area contributed by atoms with Gasteiger partial charge in [0.25, 0.3) is 0 Å². The quantitative estimate of drug-likeness (QED) is 0.199. The maximum absolute atomic E-state index is 12.0. The summed E-state index contributed by atoms with van der Waals surface area (Å²) in [7, 11) is 0. The lowest BCUT2D eigenvalue weighted by Crippen LogP contribution is -2.11. The number of carbonyl (C=O) groups excluding carboxylic acids is 2. The molecule has 0 radical (unpaired) electrons. The first kappa shape index (κ1) is 23.3. The second-order valence-electron chi connectivity index (χ2n) is 7.73. The number of rotatable bonds is 10. The summed E-state index contributed by atoms with van der Waals surface area (Å²) in [5.41, 5.74) is 5.46. The van der Waals surface area contributed by atoms with Crippen molar-refractivity contribution in [2.45, 2.75) is 59.0 Å². The fourth-order valence-corrected chi connectivity index (χ4v) is 3.73. The first-order valence-electron chi connectivity index (χ1n) is 11.3. The van der Waals surface area contributed by atoms with Gasteiger partial charge in [-0.3, -0.25) is 0 Å². The van der Waals surface area contributed by atoms with Crippen LogP contribution in [0.4, 0.5) is 0 Å². The Morgan fingerprint density at radius 2 is 1.59 bits per heavy atom. The van der Waals surface area contributed by atoms with Gasteiger partial charge in [0.2, 0.25) is 0 Å². The van der Waals surface area contributed by atoms with Crippen LogP contribution >= 0.6 is 0 Å². The normalized spacial score (nSPS) is 12.3. The van der Waals surface area contributed by atoms with Gasteiger partial charge in [0.15, 0.2) is 0 Å². The molecule has 0 spiro atoms. The summed E-state index contributed by atoms with van der Waals surface area (Å²) in [4.78, 5) is 33.2. The molecule has 0 amide bonds. The van der Waals surface area contributed by atoms with Crippen LogP contribution in [0.15, 0.2) is 48.6 Å². The number of hydrogen-bond donors (Lipinski definition) is 0. The van der Waals surface area contributed by atoms with Gasteiger partial charge in [0.1, 0.15) is 12.4 Å². The first-order chi connectivity index (χ1) is 15.6. The maximum atomic E-state index is 12.0. The molecule has 5 nitrogen and oxygen atoms in total. The van der Waals surface area contributed by atoms with E-state index in [2.05, 4.69) is 29.7 Å². The van der Waals surface area contributed by atoms with E-state index in [9.17, 15) is 9.59 Å². The molecule has 1 aliphatic heterocycles. The highest BCUT2D eigenvalue weighted by Crippen LogP contribution is 2.32. The minimum absolute atomic E-state index is 0.518. The highest BCUT2D eigenvalue weighted by Gasteiger charge is 2.17. The smallest absolute Gasteiger partial charge is 0.379 e. The third kappa shape index (κ3) is 6.33. The van der Waals surface area contributed by atoms with Gasteiger partial charge >= 0.3 is 11.9 Å². The van der Waals surface area contributed by atoms with E-state index < -0.39 is 11.9 Å². The van der Waals surface area contributed by atoms with Gasteiger partial charge in [0, 0.05) is 17.7 Å². The standard InChI is InChI=1S/C27H30O5/c1-3-5-6-7-13-23-20(4-2)10-8-11-21(23)15-17-26(28)31-32-27(29)18-16-22-12-9-14-25-24(22)19-30-25/h8-12,14-18H,3-7,13,19H2,1-2H3/b17-15+,18-16+. The predicted molar refractivity (Wildman–Crippen MR) is 125 cm³/mol. The van der Waals surface area contributed by atoms with Crippen molar-refractivity contribution in [2.24, 2.45) is 0 Å². The predicted octanol–water partition coefficient (Wildman–Crippen LogP) is 5.99. The second kappa shape index (κ2) is 11.9. The van der Waals surface area contributed by atoms with Gasteiger partial charge in [-0.15, -0.1) is 0 Å². The van der Waals surface area contributed by atoms with Crippen LogP contribution in [0.5, 0.6) is 5.75 Å². The lowest BCUT2D eigenvalue weighted by molar-refractivity contribution is -0.250. The van der Waals surface area contributed by atoms with Gasteiger partial charge in [0.05, 0.1) is 0 Å². The Morgan fingerprint density at radius 1 is 0.906 bits per heavy atom. The van der Waals surface area contributed by atoms with E-state index in [-0.39, 0.29) is 0 Å². The molecule has 0 atom stereocenters. The third-order valence-electron chi connectivity index (χ3n) is 5.52. The summed E-state index contributed by atoms with van der Waals surface area (Å²) in [6.45, 7) is 4.85. The lowest BCUT2D eigenvalue weighted by Gasteiger charge is -2.21. The van der Waals surface area contributed by atoms with E-state index in [0.717, 1.165) is 41.7 Å². The fraction of sp³-hybridized carbons (Fsp3) is 0.333. The molecule has 32 heavy (non-hydrogen) atoms. The Balaban J connectivity index is 1.54. The summed E-state index contributed by atoms with van der Waals surface area (Å²) in [5.74, 6) is -0.675. The van der Waals surface area contributed by atoms with Crippen LogP contribution in [0.2, 0.25) is 0 Å². The third-order valence-corrected chi connectivity index (χ3v) is 5.52. The molecule has 0 aliphatic carbocycles. The number of benzene rings is 2. The number of ether oxygens (including phenoxy) is 1. The molecule has 0 bridgehead atoms. The molecule has 0 N–H and O–H groups in total. The Kier molecular flexibility index (Phi) is 8.67. The first-order valence-corrected chi connectivity index (χ1v) is 11.3. The Bertz CT molecular complexity index is 1000. The van der Waals surface area contributed by atoms with Crippen molar-refractivity contribution >= 4 is 24.1 Å². The van der Waals surface area contributed by atoms with Gasteiger partial charge in [-0.2, -0.15) is 0 Å². The number of unbranched alkanes of at least 4 members (excludes halogenated alkanes) is 3. The molecule has 1 aliphatic rings. The number of hydrogen-bond acceptors (Lipinski definition) is 5. The summed E-state index contributed by atoms with van der Waals surface area (Å²) in [6.07, 6.45) is 12.5. The molecular weight excluding hydrogens is 404 g/mol. The van der Waals surface area contributed by atoms with Crippen molar-refractivity contribution in [1.82, 2.24) is 0 Å². The van der Waals surface area contributed by atoms with Crippen molar-refractivity contribution in [3.8, 4) is 5.75 Å². The van der Waals surface area contributed by atoms with Crippen molar-refractivity contribution in [1.29, 1.82) is 0 Å². The van der Waals surface area contributed by atoms with Crippen LogP contribution in [0.3, 0.4) is 0 Å². The molecule has 0 saturated heterocycles. The number of aryl methyl sites for hydroxylation is 1. The zero-order valence-corrected chi connectivity index (χ0v) is 18.8. The van der Waals surface area contributed by atoms with E-state index in [1.54, 1.807) is 12.2 Å².